The number of aromatic nitrogens is 2. The molecule has 200 valence electrons. The Morgan fingerprint density at radius 2 is 1.79 bits per heavy atom. The number of anilines is 1. The SMILES string of the molecule is Cc1cc(-c2sc(NC(=O)N3CCN(C(=O)OC(C)(C)C)C(C#N)C3)nc2-c2cccc(C#N)c2)cc(C)n1. The van der Waals surface area contributed by atoms with E-state index >= 15 is 0 Å². The van der Waals surface area contributed by atoms with Crippen molar-refractivity contribution in [2.75, 3.05) is 25.0 Å². The number of aryl methyl sites for hydroxylation is 2. The van der Waals surface area contributed by atoms with Crippen LogP contribution in [0.15, 0.2) is 36.4 Å². The minimum absolute atomic E-state index is 0.0413. The zero-order chi connectivity index (χ0) is 28.3. The number of urea groups is 1. The molecule has 1 atom stereocenters. The van der Waals surface area contributed by atoms with E-state index in [1.807, 2.05) is 32.0 Å². The van der Waals surface area contributed by atoms with Gasteiger partial charge >= 0.3 is 12.1 Å². The first-order valence-electron chi connectivity index (χ1n) is 12.4. The van der Waals surface area contributed by atoms with E-state index in [1.165, 1.54) is 21.1 Å². The van der Waals surface area contributed by atoms with Gasteiger partial charge in [-0.1, -0.05) is 23.5 Å². The lowest BCUT2D eigenvalue weighted by atomic mass is 10.0. The number of rotatable bonds is 3. The number of amides is 3. The molecule has 1 saturated heterocycles. The lowest BCUT2D eigenvalue weighted by Crippen LogP contribution is -2.57. The van der Waals surface area contributed by atoms with Crippen LogP contribution in [0.3, 0.4) is 0 Å². The number of nitriles is 2. The van der Waals surface area contributed by atoms with Gasteiger partial charge in [0, 0.05) is 30.0 Å². The number of benzene rings is 1. The van der Waals surface area contributed by atoms with Gasteiger partial charge in [-0.3, -0.25) is 15.2 Å². The van der Waals surface area contributed by atoms with Crippen molar-refractivity contribution in [1.29, 1.82) is 10.5 Å². The topological polar surface area (TPSA) is 135 Å². The van der Waals surface area contributed by atoms with E-state index < -0.39 is 23.8 Å². The van der Waals surface area contributed by atoms with Gasteiger partial charge in [0.1, 0.15) is 11.6 Å². The Bertz CT molecular complexity index is 1480. The molecule has 4 rings (SSSR count). The molecule has 1 aliphatic rings. The van der Waals surface area contributed by atoms with Crippen molar-refractivity contribution >= 4 is 28.6 Å². The molecule has 0 saturated carbocycles. The molecule has 1 N–H and O–H groups in total. The number of nitrogens with one attached hydrogen (secondary N) is 1. The summed E-state index contributed by atoms with van der Waals surface area (Å²) in [5.74, 6) is 0. The Hall–Kier alpha value is -4.48. The first-order chi connectivity index (χ1) is 18.5. The fourth-order valence-electron chi connectivity index (χ4n) is 4.25. The molecule has 1 unspecified atom stereocenters. The summed E-state index contributed by atoms with van der Waals surface area (Å²) < 4.78 is 5.42. The van der Waals surface area contributed by atoms with Crippen molar-refractivity contribution in [3.63, 3.8) is 0 Å². The standard InChI is InChI=1S/C28H29N7O3S/c1-17-11-21(12-18(2)31-17)24-23(20-8-6-7-19(13-20)14-29)32-25(39-24)33-26(36)34-9-10-35(22(15-30)16-34)27(37)38-28(3,4)5/h6-8,11-13,22H,9-10,16H2,1-5H3,(H,32,33,36). The molecule has 1 fully saturated rings. The largest absolute Gasteiger partial charge is 0.444 e. The van der Waals surface area contributed by atoms with Crippen molar-refractivity contribution in [2.24, 2.45) is 0 Å². The van der Waals surface area contributed by atoms with Gasteiger partial charge in [-0.15, -0.1) is 0 Å². The third kappa shape index (κ3) is 6.51. The Balaban J connectivity index is 1.59. The van der Waals surface area contributed by atoms with Crippen LogP contribution in [-0.2, 0) is 4.74 Å². The highest BCUT2D eigenvalue weighted by molar-refractivity contribution is 7.19. The number of ether oxygens (including phenoxy) is 1. The van der Waals surface area contributed by atoms with E-state index in [-0.39, 0.29) is 19.6 Å². The molecule has 10 nitrogen and oxygen atoms in total. The van der Waals surface area contributed by atoms with Crippen molar-refractivity contribution in [2.45, 2.75) is 46.3 Å². The summed E-state index contributed by atoms with van der Waals surface area (Å²) in [7, 11) is 0. The lowest BCUT2D eigenvalue weighted by Gasteiger charge is -2.38. The third-order valence-corrected chi connectivity index (χ3v) is 6.91. The molecular weight excluding hydrogens is 514 g/mol. The number of carbonyl (C=O) groups is 2. The monoisotopic (exact) mass is 543 g/mol. The van der Waals surface area contributed by atoms with E-state index in [9.17, 15) is 20.1 Å². The molecule has 1 aromatic carbocycles. The maximum Gasteiger partial charge on any atom is 0.411 e. The predicted molar refractivity (Wildman–Crippen MR) is 148 cm³/mol. The zero-order valence-corrected chi connectivity index (χ0v) is 23.3. The van der Waals surface area contributed by atoms with Crippen molar-refractivity contribution in [1.82, 2.24) is 19.8 Å². The summed E-state index contributed by atoms with van der Waals surface area (Å²) in [4.78, 5) is 38.6. The van der Waals surface area contributed by atoms with Crippen LogP contribution < -0.4 is 5.32 Å². The zero-order valence-electron chi connectivity index (χ0n) is 22.5. The summed E-state index contributed by atoms with van der Waals surface area (Å²) in [5.41, 5.74) is 3.82. The highest BCUT2D eigenvalue weighted by Gasteiger charge is 2.35. The molecular formula is C28H29N7O3S. The molecule has 0 spiro atoms. The fourth-order valence-corrected chi connectivity index (χ4v) is 5.22. The molecule has 2 aromatic heterocycles. The summed E-state index contributed by atoms with van der Waals surface area (Å²) >= 11 is 1.32. The second kappa shape index (κ2) is 11.1. The van der Waals surface area contributed by atoms with Gasteiger partial charge in [0.05, 0.1) is 34.8 Å². The molecule has 39 heavy (non-hydrogen) atoms. The van der Waals surface area contributed by atoms with Crippen LogP contribution in [0.2, 0.25) is 0 Å². The lowest BCUT2D eigenvalue weighted by molar-refractivity contribution is 0.0102. The molecule has 3 aromatic rings. The maximum absolute atomic E-state index is 13.2. The first kappa shape index (κ1) is 27.6. The van der Waals surface area contributed by atoms with Gasteiger partial charge in [0.25, 0.3) is 0 Å². The minimum Gasteiger partial charge on any atom is -0.444 e. The molecule has 1 aliphatic heterocycles. The fraction of sp³-hybridized carbons (Fsp3) is 0.357. The van der Waals surface area contributed by atoms with Crippen LogP contribution >= 0.6 is 11.3 Å². The molecule has 11 heteroatoms. The van der Waals surface area contributed by atoms with E-state index in [4.69, 9.17) is 9.72 Å². The molecule has 3 heterocycles. The second-order valence-electron chi connectivity index (χ2n) is 10.2. The molecule has 0 bridgehead atoms. The van der Waals surface area contributed by atoms with E-state index in [1.54, 1.807) is 39.0 Å². The number of nitrogens with zero attached hydrogens (tertiary/aromatic N) is 6. The smallest absolute Gasteiger partial charge is 0.411 e. The van der Waals surface area contributed by atoms with Gasteiger partial charge in [0.2, 0.25) is 0 Å². The van der Waals surface area contributed by atoms with Crippen LogP contribution in [0.4, 0.5) is 14.7 Å². The van der Waals surface area contributed by atoms with Crippen molar-refractivity contribution in [3.05, 3.63) is 53.3 Å². The first-order valence-corrected chi connectivity index (χ1v) is 13.2. The van der Waals surface area contributed by atoms with Crippen LogP contribution in [-0.4, -0.2) is 63.2 Å². The van der Waals surface area contributed by atoms with Crippen LogP contribution in [0.5, 0.6) is 0 Å². The van der Waals surface area contributed by atoms with E-state index in [0.29, 0.717) is 16.4 Å². The Labute approximate surface area is 231 Å². The predicted octanol–water partition coefficient (Wildman–Crippen LogP) is 5.34. The molecule has 0 aliphatic carbocycles. The van der Waals surface area contributed by atoms with Gasteiger partial charge in [-0.2, -0.15) is 10.5 Å². The molecule has 3 amide bonds. The average Bonchev–Trinajstić information content (AvgIpc) is 3.30. The van der Waals surface area contributed by atoms with E-state index in [0.717, 1.165) is 27.4 Å². The minimum atomic E-state index is -0.835. The van der Waals surface area contributed by atoms with Crippen LogP contribution in [0.25, 0.3) is 21.7 Å². The number of thiazole rings is 1. The quantitative estimate of drug-likeness (QED) is 0.471. The van der Waals surface area contributed by atoms with Crippen LogP contribution in [0, 0.1) is 36.5 Å². The second-order valence-corrected chi connectivity index (χ2v) is 11.2. The number of piperazine rings is 1. The highest BCUT2D eigenvalue weighted by atomic mass is 32.1. The Morgan fingerprint density at radius 1 is 1.08 bits per heavy atom. The Morgan fingerprint density at radius 3 is 2.44 bits per heavy atom. The number of carbonyl (C=O) groups excluding carboxylic acids is 2. The van der Waals surface area contributed by atoms with Crippen molar-refractivity contribution < 1.29 is 14.3 Å². The third-order valence-electron chi connectivity index (χ3n) is 5.89. The summed E-state index contributed by atoms with van der Waals surface area (Å²) in [6.07, 6.45) is -0.578. The average molecular weight is 544 g/mol. The Kier molecular flexibility index (Phi) is 7.84. The number of hydrogen-bond donors (Lipinski definition) is 1. The van der Waals surface area contributed by atoms with Gasteiger partial charge in [-0.05, 0) is 64.4 Å². The van der Waals surface area contributed by atoms with Crippen molar-refractivity contribution in [3.8, 4) is 33.8 Å². The highest BCUT2D eigenvalue weighted by Crippen LogP contribution is 2.39. The van der Waals surface area contributed by atoms with Crippen LogP contribution in [0.1, 0.15) is 37.7 Å². The van der Waals surface area contributed by atoms with Gasteiger partial charge in [0.15, 0.2) is 5.13 Å². The number of hydrogen-bond acceptors (Lipinski definition) is 8. The normalized spacial score (nSPS) is 15.3. The summed E-state index contributed by atoms with van der Waals surface area (Å²) in [5, 5.41) is 22.3. The number of pyridine rings is 1. The maximum atomic E-state index is 13.2. The van der Waals surface area contributed by atoms with Gasteiger partial charge in [-0.25, -0.2) is 14.6 Å². The summed E-state index contributed by atoms with van der Waals surface area (Å²) in [6.45, 7) is 9.57. The van der Waals surface area contributed by atoms with E-state index in [2.05, 4.69) is 22.4 Å². The summed E-state index contributed by atoms with van der Waals surface area (Å²) in [6, 6.07) is 14.1. The van der Waals surface area contributed by atoms with Gasteiger partial charge < -0.3 is 9.64 Å². The molecule has 0 radical (unpaired) electrons.